The lowest BCUT2D eigenvalue weighted by Gasteiger charge is -2.26. The zero-order valence-electron chi connectivity index (χ0n) is 12.2. The van der Waals surface area contributed by atoms with Gasteiger partial charge in [-0.15, -0.1) is 12.4 Å². The third kappa shape index (κ3) is 3.80. The molecule has 112 valence electrons. The number of aryl methyl sites for hydroxylation is 1. The number of Topliss-reactive ketones (excluding diaryl/α,β-unsaturated/α-hetero) is 1. The van der Waals surface area contributed by atoms with Crippen LogP contribution in [0.15, 0.2) is 18.2 Å². The number of rotatable bonds is 5. The summed E-state index contributed by atoms with van der Waals surface area (Å²) >= 11 is 0. The van der Waals surface area contributed by atoms with Crippen LogP contribution in [-0.4, -0.2) is 29.8 Å². The normalized spacial score (nSPS) is 16.8. The van der Waals surface area contributed by atoms with E-state index in [-0.39, 0.29) is 30.0 Å². The zero-order valence-corrected chi connectivity index (χ0v) is 13.0. The lowest BCUT2D eigenvalue weighted by atomic mass is 9.98. The Hall–Kier alpha value is -0.930. The van der Waals surface area contributed by atoms with Crippen molar-refractivity contribution in [3.05, 3.63) is 35.1 Å². The Labute approximate surface area is 126 Å². The van der Waals surface area contributed by atoms with Gasteiger partial charge in [-0.3, -0.25) is 9.69 Å². The first kappa shape index (κ1) is 17.1. The molecule has 1 unspecified atom stereocenters. The van der Waals surface area contributed by atoms with Crippen molar-refractivity contribution in [1.29, 1.82) is 0 Å². The van der Waals surface area contributed by atoms with Gasteiger partial charge in [0.2, 0.25) is 0 Å². The summed E-state index contributed by atoms with van der Waals surface area (Å²) in [5.41, 5.74) is 1.10. The van der Waals surface area contributed by atoms with Gasteiger partial charge in [0.15, 0.2) is 5.78 Å². The Balaban J connectivity index is 0.00000200. The maximum absolute atomic E-state index is 13.6. The smallest absolute Gasteiger partial charge is 0.180 e. The van der Waals surface area contributed by atoms with Crippen LogP contribution < -0.4 is 0 Å². The van der Waals surface area contributed by atoms with Crippen molar-refractivity contribution in [2.24, 2.45) is 0 Å². The number of nitrogens with zero attached hydrogens (tertiary/aromatic N) is 1. The maximum Gasteiger partial charge on any atom is 0.180 e. The summed E-state index contributed by atoms with van der Waals surface area (Å²) in [6.07, 6.45) is 4.15. The van der Waals surface area contributed by atoms with E-state index in [1.165, 1.54) is 6.07 Å². The van der Waals surface area contributed by atoms with Crippen LogP contribution in [0.1, 0.15) is 48.5 Å². The van der Waals surface area contributed by atoms with Crippen LogP contribution in [0.25, 0.3) is 0 Å². The van der Waals surface area contributed by atoms with E-state index in [9.17, 15) is 9.18 Å². The number of halogens is 2. The first-order valence-corrected chi connectivity index (χ1v) is 7.18. The molecule has 1 aromatic rings. The number of ketones is 1. The van der Waals surface area contributed by atoms with Crippen molar-refractivity contribution in [1.82, 2.24) is 4.90 Å². The monoisotopic (exact) mass is 299 g/mol. The third-order valence-corrected chi connectivity index (χ3v) is 3.90. The molecule has 2 rings (SSSR count). The predicted molar refractivity (Wildman–Crippen MR) is 82.2 cm³/mol. The summed E-state index contributed by atoms with van der Waals surface area (Å²) < 4.78 is 13.6. The van der Waals surface area contributed by atoms with Gasteiger partial charge >= 0.3 is 0 Å². The van der Waals surface area contributed by atoms with Crippen LogP contribution in [0, 0.1) is 12.7 Å². The summed E-state index contributed by atoms with van der Waals surface area (Å²) in [5.74, 6) is -0.217. The molecule has 0 radical (unpaired) electrons. The molecule has 0 bridgehead atoms. The highest BCUT2D eigenvalue weighted by atomic mass is 35.5. The van der Waals surface area contributed by atoms with E-state index >= 15 is 0 Å². The summed E-state index contributed by atoms with van der Waals surface area (Å²) in [4.78, 5) is 14.8. The minimum Gasteiger partial charge on any atom is -0.293 e. The van der Waals surface area contributed by atoms with Gasteiger partial charge in [-0.05, 0) is 50.9 Å². The number of benzene rings is 1. The lowest BCUT2D eigenvalue weighted by Crippen LogP contribution is -2.39. The lowest BCUT2D eigenvalue weighted by molar-refractivity contribution is 0.0836. The third-order valence-electron chi connectivity index (χ3n) is 3.90. The summed E-state index contributed by atoms with van der Waals surface area (Å²) in [5, 5.41) is 0. The van der Waals surface area contributed by atoms with Crippen LogP contribution in [0.2, 0.25) is 0 Å². The second-order valence-corrected chi connectivity index (χ2v) is 5.38. The molecule has 0 aliphatic carbocycles. The number of hydrogen-bond acceptors (Lipinski definition) is 2. The van der Waals surface area contributed by atoms with Crippen molar-refractivity contribution in [2.75, 3.05) is 13.1 Å². The highest BCUT2D eigenvalue weighted by Crippen LogP contribution is 2.20. The van der Waals surface area contributed by atoms with Crippen molar-refractivity contribution >= 4 is 18.2 Å². The summed E-state index contributed by atoms with van der Waals surface area (Å²) in [6, 6.07) is 4.75. The van der Waals surface area contributed by atoms with E-state index in [0.29, 0.717) is 11.1 Å². The molecule has 0 N–H and O–H groups in total. The highest BCUT2D eigenvalue weighted by Gasteiger charge is 2.28. The van der Waals surface area contributed by atoms with Gasteiger partial charge in [0.1, 0.15) is 5.82 Å². The van der Waals surface area contributed by atoms with E-state index < -0.39 is 0 Å². The van der Waals surface area contributed by atoms with E-state index in [0.717, 1.165) is 38.8 Å². The van der Waals surface area contributed by atoms with Crippen LogP contribution in [0.3, 0.4) is 0 Å². The van der Waals surface area contributed by atoms with Gasteiger partial charge in [-0.1, -0.05) is 25.5 Å². The van der Waals surface area contributed by atoms with Crippen molar-refractivity contribution in [3.8, 4) is 0 Å². The van der Waals surface area contributed by atoms with Crippen molar-refractivity contribution < 1.29 is 9.18 Å². The second-order valence-electron chi connectivity index (χ2n) is 5.38. The van der Waals surface area contributed by atoms with Gasteiger partial charge < -0.3 is 0 Å². The second kappa shape index (κ2) is 7.75. The molecule has 1 fully saturated rings. The molecule has 0 spiro atoms. The van der Waals surface area contributed by atoms with E-state index in [1.807, 2.05) is 0 Å². The van der Waals surface area contributed by atoms with E-state index in [4.69, 9.17) is 0 Å². The van der Waals surface area contributed by atoms with Crippen molar-refractivity contribution in [3.63, 3.8) is 0 Å². The molecule has 1 aliphatic heterocycles. The fourth-order valence-electron chi connectivity index (χ4n) is 2.74. The van der Waals surface area contributed by atoms with E-state index in [1.54, 1.807) is 19.1 Å². The van der Waals surface area contributed by atoms with Crippen LogP contribution in [0.4, 0.5) is 4.39 Å². The molecular weight excluding hydrogens is 277 g/mol. The van der Waals surface area contributed by atoms with Gasteiger partial charge in [0.05, 0.1) is 6.04 Å². The van der Waals surface area contributed by atoms with Gasteiger partial charge in [0, 0.05) is 5.56 Å². The van der Waals surface area contributed by atoms with Gasteiger partial charge in [-0.25, -0.2) is 4.39 Å². The Morgan fingerprint density at radius 1 is 1.35 bits per heavy atom. The van der Waals surface area contributed by atoms with Crippen molar-refractivity contribution in [2.45, 2.75) is 45.6 Å². The quantitative estimate of drug-likeness (QED) is 0.766. The SMILES string of the molecule is CCCC(C(=O)c1ccc(C)c(F)c1)N1CCCC1.Cl. The van der Waals surface area contributed by atoms with Crippen LogP contribution in [0.5, 0.6) is 0 Å². The number of carbonyl (C=O) groups is 1. The first-order chi connectivity index (χ1) is 9.13. The average molecular weight is 300 g/mol. The predicted octanol–water partition coefficient (Wildman–Crippen LogP) is 4.00. The zero-order chi connectivity index (χ0) is 13.8. The fourth-order valence-corrected chi connectivity index (χ4v) is 2.74. The fraction of sp³-hybridized carbons (Fsp3) is 0.562. The summed E-state index contributed by atoms with van der Waals surface area (Å²) in [7, 11) is 0. The minimum atomic E-state index is -0.289. The molecule has 1 saturated heterocycles. The molecule has 0 saturated carbocycles. The molecule has 0 amide bonds. The number of carbonyl (C=O) groups excluding carboxylic acids is 1. The minimum absolute atomic E-state index is 0. The van der Waals surface area contributed by atoms with Crippen LogP contribution in [-0.2, 0) is 0 Å². The van der Waals surface area contributed by atoms with E-state index in [2.05, 4.69) is 11.8 Å². The Kier molecular flexibility index (Phi) is 6.63. The molecule has 4 heteroatoms. The molecule has 20 heavy (non-hydrogen) atoms. The molecule has 0 aromatic heterocycles. The Morgan fingerprint density at radius 3 is 2.55 bits per heavy atom. The first-order valence-electron chi connectivity index (χ1n) is 7.18. The summed E-state index contributed by atoms with van der Waals surface area (Å²) in [6.45, 7) is 5.79. The maximum atomic E-state index is 13.6. The largest absolute Gasteiger partial charge is 0.293 e. The average Bonchev–Trinajstić information content (AvgIpc) is 2.92. The molecule has 1 heterocycles. The topological polar surface area (TPSA) is 20.3 Å². The molecule has 2 nitrogen and oxygen atoms in total. The van der Waals surface area contributed by atoms with Gasteiger partial charge in [-0.2, -0.15) is 0 Å². The Morgan fingerprint density at radius 2 is 2.00 bits per heavy atom. The number of likely N-dealkylation sites (tertiary alicyclic amines) is 1. The molecular formula is C16H23ClFNO. The van der Waals surface area contributed by atoms with Crippen LogP contribution >= 0.6 is 12.4 Å². The molecule has 1 aromatic carbocycles. The van der Waals surface area contributed by atoms with Gasteiger partial charge in [0.25, 0.3) is 0 Å². The number of hydrogen-bond donors (Lipinski definition) is 0. The standard InChI is InChI=1S/C16H22FNO.ClH/c1-3-6-15(18-9-4-5-10-18)16(19)13-8-7-12(2)14(17)11-13;/h7-8,11,15H,3-6,9-10H2,1-2H3;1H. The Bertz CT molecular complexity index is 458. The molecule has 1 aliphatic rings. The highest BCUT2D eigenvalue weighted by molar-refractivity contribution is 6.00. The molecule has 1 atom stereocenters.